The Morgan fingerprint density at radius 1 is 1.25 bits per heavy atom. The molecule has 1 aliphatic heterocycles. The number of carbonyl (C=O) groups is 1. The average Bonchev–Trinajstić information content (AvgIpc) is 2.38. The smallest absolute Gasteiger partial charge is 0.251 e. The van der Waals surface area contributed by atoms with Gasteiger partial charge in [-0.15, -0.1) is 0 Å². The molecule has 0 unspecified atom stereocenters. The van der Waals surface area contributed by atoms with Crippen LogP contribution >= 0.6 is 11.6 Å². The molecule has 0 spiro atoms. The van der Waals surface area contributed by atoms with Gasteiger partial charge in [-0.1, -0.05) is 25.4 Å². The Bertz CT molecular complexity index is 436. The molecule has 1 amide bonds. The molecule has 1 N–H and O–H groups in total. The molecule has 0 radical (unpaired) electrons. The summed E-state index contributed by atoms with van der Waals surface area (Å²) in [5.74, 6) is 1.48. The number of nitrogens with one attached hydrogen (secondary N) is 1. The van der Waals surface area contributed by atoms with Crippen LogP contribution in [0.1, 0.15) is 30.6 Å². The van der Waals surface area contributed by atoms with Crippen molar-refractivity contribution in [3.63, 3.8) is 0 Å². The molecule has 0 bridgehead atoms. The molecule has 1 fully saturated rings. The van der Waals surface area contributed by atoms with E-state index in [1.165, 1.54) is 6.42 Å². The van der Waals surface area contributed by atoms with Gasteiger partial charge in [0.1, 0.15) is 0 Å². The maximum atomic E-state index is 12.0. The van der Waals surface area contributed by atoms with Crippen LogP contribution in [-0.4, -0.2) is 37.0 Å². The molecule has 1 aromatic rings. The van der Waals surface area contributed by atoms with Crippen molar-refractivity contribution in [3.05, 3.63) is 34.9 Å². The molecule has 1 saturated heterocycles. The summed E-state index contributed by atoms with van der Waals surface area (Å²) >= 11 is 5.81. The quantitative estimate of drug-likeness (QED) is 0.926. The zero-order chi connectivity index (χ0) is 14.5. The highest BCUT2D eigenvalue weighted by molar-refractivity contribution is 6.30. The maximum Gasteiger partial charge on any atom is 0.251 e. The lowest BCUT2D eigenvalue weighted by atomic mass is 9.92. The lowest BCUT2D eigenvalue weighted by Gasteiger charge is -2.34. The van der Waals surface area contributed by atoms with Crippen LogP contribution in [0.5, 0.6) is 0 Å². The third-order valence-corrected chi connectivity index (χ3v) is 4.02. The van der Waals surface area contributed by atoms with Gasteiger partial charge in [-0.2, -0.15) is 0 Å². The van der Waals surface area contributed by atoms with Gasteiger partial charge < -0.3 is 10.2 Å². The number of hydrogen-bond donors (Lipinski definition) is 1. The second kappa shape index (κ2) is 7.09. The molecule has 0 aromatic heterocycles. The minimum absolute atomic E-state index is 0.0280. The van der Waals surface area contributed by atoms with Crippen molar-refractivity contribution >= 4 is 17.5 Å². The van der Waals surface area contributed by atoms with Gasteiger partial charge in [-0.25, -0.2) is 0 Å². The number of benzene rings is 1. The molecule has 0 aliphatic carbocycles. The third-order valence-electron chi connectivity index (χ3n) is 3.76. The number of hydrogen-bond acceptors (Lipinski definition) is 2. The highest BCUT2D eigenvalue weighted by atomic mass is 35.5. The van der Waals surface area contributed by atoms with E-state index in [9.17, 15) is 4.79 Å². The molecule has 1 heterocycles. The molecular weight excluding hydrogens is 272 g/mol. The zero-order valence-electron chi connectivity index (χ0n) is 12.2. The van der Waals surface area contributed by atoms with Crippen molar-refractivity contribution < 1.29 is 4.79 Å². The molecule has 20 heavy (non-hydrogen) atoms. The standard InChI is InChI=1S/C16H23ClN2O/c1-12-9-13(2)11-19(10-12)8-7-18-16(20)14-3-5-15(17)6-4-14/h3-6,12-13H,7-11H2,1-2H3,(H,18,20)/t12-,13-/m0/s1. The zero-order valence-corrected chi connectivity index (χ0v) is 13.0. The van der Waals surface area contributed by atoms with Crippen LogP contribution in [-0.2, 0) is 0 Å². The SMILES string of the molecule is C[C@H]1C[C@H](C)CN(CCNC(=O)c2ccc(Cl)cc2)C1. The Morgan fingerprint density at radius 2 is 1.85 bits per heavy atom. The minimum atomic E-state index is -0.0280. The molecule has 2 rings (SSSR count). The number of likely N-dealkylation sites (tertiary alicyclic amines) is 1. The topological polar surface area (TPSA) is 32.3 Å². The van der Waals surface area contributed by atoms with Crippen molar-refractivity contribution in [2.45, 2.75) is 20.3 Å². The highest BCUT2D eigenvalue weighted by Crippen LogP contribution is 2.20. The van der Waals surface area contributed by atoms with Gasteiger partial charge in [0.2, 0.25) is 0 Å². The Morgan fingerprint density at radius 3 is 2.45 bits per heavy atom. The van der Waals surface area contributed by atoms with Gasteiger partial charge in [0.15, 0.2) is 0 Å². The Balaban J connectivity index is 1.75. The first-order valence-corrected chi connectivity index (χ1v) is 7.68. The van der Waals surface area contributed by atoms with Crippen molar-refractivity contribution in [1.82, 2.24) is 10.2 Å². The van der Waals surface area contributed by atoms with Gasteiger partial charge in [0, 0.05) is 36.8 Å². The molecule has 1 aromatic carbocycles. The average molecular weight is 295 g/mol. The summed E-state index contributed by atoms with van der Waals surface area (Å²) in [6.07, 6.45) is 1.31. The van der Waals surface area contributed by atoms with Crippen LogP contribution < -0.4 is 5.32 Å². The number of piperidine rings is 1. The van der Waals surface area contributed by atoms with E-state index in [4.69, 9.17) is 11.6 Å². The number of carbonyl (C=O) groups excluding carboxylic acids is 1. The first-order chi connectivity index (χ1) is 9.54. The summed E-state index contributed by atoms with van der Waals surface area (Å²) < 4.78 is 0. The Kier molecular flexibility index (Phi) is 5.44. The summed E-state index contributed by atoms with van der Waals surface area (Å²) in [6.45, 7) is 8.50. The fraction of sp³-hybridized carbons (Fsp3) is 0.562. The largest absolute Gasteiger partial charge is 0.351 e. The second-order valence-corrected chi connectivity index (χ2v) is 6.40. The van der Waals surface area contributed by atoms with Crippen molar-refractivity contribution in [2.75, 3.05) is 26.2 Å². The summed E-state index contributed by atoms with van der Waals surface area (Å²) in [5.41, 5.74) is 0.662. The van der Waals surface area contributed by atoms with Crippen molar-refractivity contribution in [3.8, 4) is 0 Å². The van der Waals surface area contributed by atoms with E-state index >= 15 is 0 Å². The molecule has 110 valence electrons. The molecule has 4 heteroatoms. The Hall–Kier alpha value is -1.06. The van der Waals surface area contributed by atoms with Crippen LogP contribution in [0.15, 0.2) is 24.3 Å². The van der Waals surface area contributed by atoms with Gasteiger partial charge in [-0.3, -0.25) is 4.79 Å². The van der Waals surface area contributed by atoms with E-state index < -0.39 is 0 Å². The summed E-state index contributed by atoms with van der Waals surface area (Å²) in [5, 5.41) is 3.62. The van der Waals surface area contributed by atoms with Crippen LogP contribution in [0.4, 0.5) is 0 Å². The first-order valence-electron chi connectivity index (χ1n) is 7.30. The van der Waals surface area contributed by atoms with E-state index in [1.54, 1.807) is 24.3 Å². The normalized spacial score (nSPS) is 23.6. The van der Waals surface area contributed by atoms with Crippen molar-refractivity contribution in [2.24, 2.45) is 11.8 Å². The van der Waals surface area contributed by atoms with E-state index in [2.05, 4.69) is 24.1 Å². The lowest BCUT2D eigenvalue weighted by molar-refractivity contribution is 0.0936. The second-order valence-electron chi connectivity index (χ2n) is 5.97. The first kappa shape index (κ1) is 15.3. The van der Waals surface area contributed by atoms with E-state index in [1.807, 2.05) is 0 Å². The van der Waals surface area contributed by atoms with Crippen LogP contribution in [0.25, 0.3) is 0 Å². The van der Waals surface area contributed by atoms with E-state index in [0.717, 1.165) is 31.5 Å². The highest BCUT2D eigenvalue weighted by Gasteiger charge is 2.21. The summed E-state index contributed by atoms with van der Waals surface area (Å²) in [7, 11) is 0. The lowest BCUT2D eigenvalue weighted by Crippen LogP contribution is -2.42. The maximum absolute atomic E-state index is 12.0. The van der Waals surface area contributed by atoms with E-state index in [0.29, 0.717) is 17.1 Å². The number of rotatable bonds is 4. The minimum Gasteiger partial charge on any atom is -0.351 e. The molecule has 1 aliphatic rings. The van der Waals surface area contributed by atoms with Crippen LogP contribution in [0.2, 0.25) is 5.02 Å². The fourth-order valence-electron chi connectivity index (χ4n) is 3.01. The summed E-state index contributed by atoms with van der Waals surface area (Å²) in [6, 6.07) is 6.99. The monoisotopic (exact) mass is 294 g/mol. The number of nitrogens with zero attached hydrogens (tertiary/aromatic N) is 1. The van der Waals surface area contributed by atoms with Crippen LogP contribution in [0.3, 0.4) is 0 Å². The number of halogens is 1. The van der Waals surface area contributed by atoms with Gasteiger partial charge >= 0.3 is 0 Å². The van der Waals surface area contributed by atoms with Gasteiger partial charge in [-0.05, 0) is 42.5 Å². The van der Waals surface area contributed by atoms with Crippen molar-refractivity contribution in [1.29, 1.82) is 0 Å². The Labute approximate surface area is 126 Å². The molecule has 2 atom stereocenters. The van der Waals surface area contributed by atoms with Gasteiger partial charge in [0.05, 0.1) is 0 Å². The fourth-order valence-corrected chi connectivity index (χ4v) is 3.13. The predicted molar refractivity (Wildman–Crippen MR) is 83.2 cm³/mol. The molecule has 0 saturated carbocycles. The molecular formula is C16H23ClN2O. The summed E-state index contributed by atoms with van der Waals surface area (Å²) in [4.78, 5) is 14.4. The van der Waals surface area contributed by atoms with Gasteiger partial charge in [0.25, 0.3) is 5.91 Å². The van der Waals surface area contributed by atoms with E-state index in [-0.39, 0.29) is 5.91 Å². The number of amides is 1. The van der Waals surface area contributed by atoms with Crippen LogP contribution in [0, 0.1) is 11.8 Å². The molecule has 3 nitrogen and oxygen atoms in total. The third kappa shape index (κ3) is 4.50. The predicted octanol–water partition coefficient (Wildman–Crippen LogP) is 3.05.